The SMILES string of the molecule is CCCNC(C)c1ccc(N(CC)C(C)C)nc1. The number of nitrogens with one attached hydrogen (secondary N) is 1. The second kappa shape index (κ2) is 7.37. The van der Waals surface area contributed by atoms with Gasteiger partial charge in [-0.15, -0.1) is 0 Å². The van der Waals surface area contributed by atoms with Crippen molar-refractivity contribution in [3.8, 4) is 0 Å². The van der Waals surface area contributed by atoms with Crippen molar-refractivity contribution < 1.29 is 0 Å². The van der Waals surface area contributed by atoms with Crippen LogP contribution in [0.4, 0.5) is 5.82 Å². The Balaban J connectivity index is 2.72. The van der Waals surface area contributed by atoms with Crippen LogP contribution in [0.2, 0.25) is 0 Å². The highest BCUT2D eigenvalue weighted by molar-refractivity contribution is 5.40. The number of nitrogens with zero attached hydrogens (tertiary/aromatic N) is 2. The molecule has 0 fully saturated rings. The molecule has 3 nitrogen and oxygen atoms in total. The first kappa shape index (κ1) is 15.0. The molecule has 0 radical (unpaired) electrons. The topological polar surface area (TPSA) is 28.2 Å². The third kappa shape index (κ3) is 3.98. The van der Waals surface area contributed by atoms with Crippen LogP contribution in [0, 0.1) is 0 Å². The van der Waals surface area contributed by atoms with Gasteiger partial charge in [-0.05, 0) is 52.3 Å². The summed E-state index contributed by atoms with van der Waals surface area (Å²) in [6, 6.07) is 5.17. The summed E-state index contributed by atoms with van der Waals surface area (Å²) in [5.41, 5.74) is 1.26. The van der Waals surface area contributed by atoms with Crippen molar-refractivity contribution in [1.82, 2.24) is 10.3 Å². The fourth-order valence-corrected chi connectivity index (χ4v) is 2.09. The Morgan fingerprint density at radius 2 is 1.94 bits per heavy atom. The lowest BCUT2D eigenvalue weighted by atomic mass is 10.1. The van der Waals surface area contributed by atoms with Gasteiger partial charge in [-0.1, -0.05) is 13.0 Å². The van der Waals surface area contributed by atoms with Crippen molar-refractivity contribution in [1.29, 1.82) is 0 Å². The van der Waals surface area contributed by atoms with E-state index in [4.69, 9.17) is 0 Å². The summed E-state index contributed by atoms with van der Waals surface area (Å²) >= 11 is 0. The smallest absolute Gasteiger partial charge is 0.128 e. The molecule has 3 heteroatoms. The van der Waals surface area contributed by atoms with Crippen LogP contribution in [0.1, 0.15) is 52.6 Å². The molecule has 1 N–H and O–H groups in total. The van der Waals surface area contributed by atoms with Crippen LogP contribution in [-0.4, -0.2) is 24.1 Å². The predicted molar refractivity (Wildman–Crippen MR) is 79.1 cm³/mol. The van der Waals surface area contributed by atoms with E-state index in [0.717, 1.165) is 25.3 Å². The highest BCUT2D eigenvalue weighted by Crippen LogP contribution is 2.17. The Morgan fingerprint density at radius 3 is 2.39 bits per heavy atom. The summed E-state index contributed by atoms with van der Waals surface area (Å²) in [6.07, 6.45) is 3.15. The summed E-state index contributed by atoms with van der Waals surface area (Å²) in [5.74, 6) is 1.07. The van der Waals surface area contributed by atoms with Gasteiger partial charge in [-0.2, -0.15) is 0 Å². The molecule has 1 atom stereocenters. The summed E-state index contributed by atoms with van der Waals surface area (Å²) in [6.45, 7) is 13.0. The average molecular weight is 249 g/mol. The van der Waals surface area contributed by atoms with Crippen molar-refractivity contribution in [3.05, 3.63) is 23.9 Å². The van der Waals surface area contributed by atoms with Crippen LogP contribution in [0.25, 0.3) is 0 Å². The number of hydrogen-bond acceptors (Lipinski definition) is 3. The van der Waals surface area contributed by atoms with Crippen molar-refractivity contribution in [3.63, 3.8) is 0 Å². The molecule has 0 saturated heterocycles. The van der Waals surface area contributed by atoms with Crippen molar-refractivity contribution in [2.75, 3.05) is 18.0 Å². The lowest BCUT2D eigenvalue weighted by molar-refractivity contribution is 0.569. The second-order valence-corrected chi connectivity index (χ2v) is 5.01. The Kier molecular flexibility index (Phi) is 6.13. The number of anilines is 1. The minimum Gasteiger partial charge on any atom is -0.354 e. The van der Waals surface area contributed by atoms with Gasteiger partial charge in [-0.25, -0.2) is 4.98 Å². The fraction of sp³-hybridized carbons (Fsp3) is 0.667. The molecule has 1 aromatic rings. The Morgan fingerprint density at radius 1 is 1.22 bits per heavy atom. The molecule has 0 aliphatic carbocycles. The molecule has 1 heterocycles. The molecule has 0 aliphatic heterocycles. The zero-order valence-corrected chi connectivity index (χ0v) is 12.4. The van der Waals surface area contributed by atoms with Crippen LogP contribution in [0.3, 0.4) is 0 Å². The van der Waals surface area contributed by atoms with Crippen LogP contribution in [0.15, 0.2) is 18.3 Å². The van der Waals surface area contributed by atoms with Gasteiger partial charge >= 0.3 is 0 Å². The van der Waals surface area contributed by atoms with Gasteiger partial charge in [0.2, 0.25) is 0 Å². The maximum atomic E-state index is 4.59. The second-order valence-electron chi connectivity index (χ2n) is 5.01. The molecule has 0 spiro atoms. The van der Waals surface area contributed by atoms with E-state index in [9.17, 15) is 0 Å². The molecular weight excluding hydrogens is 222 g/mol. The van der Waals surface area contributed by atoms with Gasteiger partial charge in [0.15, 0.2) is 0 Å². The largest absolute Gasteiger partial charge is 0.354 e. The molecule has 0 aromatic carbocycles. The molecule has 18 heavy (non-hydrogen) atoms. The van der Waals surface area contributed by atoms with Crippen LogP contribution in [0.5, 0.6) is 0 Å². The Bertz CT molecular complexity index is 332. The van der Waals surface area contributed by atoms with Gasteiger partial charge in [0.1, 0.15) is 5.82 Å². The standard InChI is InChI=1S/C15H27N3/c1-6-10-16-13(5)14-8-9-15(17-11-14)18(7-2)12(3)4/h8-9,11-13,16H,6-7,10H2,1-5H3. The number of aromatic nitrogens is 1. The molecule has 0 saturated carbocycles. The summed E-state index contributed by atoms with van der Waals surface area (Å²) in [5, 5.41) is 3.48. The van der Waals surface area contributed by atoms with E-state index >= 15 is 0 Å². The molecule has 0 aliphatic rings. The van der Waals surface area contributed by atoms with Crippen molar-refractivity contribution in [2.45, 2.75) is 53.1 Å². The summed E-state index contributed by atoms with van der Waals surface area (Å²) in [4.78, 5) is 6.89. The van der Waals surface area contributed by atoms with E-state index in [1.54, 1.807) is 0 Å². The van der Waals surface area contributed by atoms with E-state index in [0.29, 0.717) is 12.1 Å². The quantitative estimate of drug-likeness (QED) is 0.803. The van der Waals surface area contributed by atoms with Gasteiger partial charge in [0, 0.05) is 24.8 Å². The molecule has 1 rings (SSSR count). The fourth-order valence-electron chi connectivity index (χ4n) is 2.09. The van der Waals surface area contributed by atoms with Crippen LogP contribution >= 0.6 is 0 Å². The number of hydrogen-bond donors (Lipinski definition) is 1. The van der Waals surface area contributed by atoms with E-state index in [1.165, 1.54) is 5.56 Å². The predicted octanol–water partition coefficient (Wildman–Crippen LogP) is 3.38. The number of pyridine rings is 1. The highest BCUT2D eigenvalue weighted by Gasteiger charge is 2.10. The summed E-state index contributed by atoms with van der Waals surface area (Å²) < 4.78 is 0. The normalized spacial score (nSPS) is 12.8. The highest BCUT2D eigenvalue weighted by atomic mass is 15.2. The lowest BCUT2D eigenvalue weighted by Gasteiger charge is -2.26. The third-order valence-electron chi connectivity index (χ3n) is 3.23. The van der Waals surface area contributed by atoms with E-state index in [2.05, 4.69) is 62.0 Å². The number of rotatable bonds is 7. The Labute approximate surface area is 112 Å². The van der Waals surface area contributed by atoms with Crippen molar-refractivity contribution in [2.24, 2.45) is 0 Å². The average Bonchev–Trinajstić information content (AvgIpc) is 2.37. The van der Waals surface area contributed by atoms with Crippen molar-refractivity contribution >= 4 is 5.82 Å². The van der Waals surface area contributed by atoms with Gasteiger partial charge in [0.25, 0.3) is 0 Å². The molecule has 1 aromatic heterocycles. The van der Waals surface area contributed by atoms with Crippen LogP contribution < -0.4 is 10.2 Å². The first-order chi connectivity index (χ1) is 8.60. The zero-order chi connectivity index (χ0) is 13.5. The maximum Gasteiger partial charge on any atom is 0.128 e. The van der Waals surface area contributed by atoms with E-state index < -0.39 is 0 Å². The van der Waals surface area contributed by atoms with Gasteiger partial charge < -0.3 is 10.2 Å². The van der Waals surface area contributed by atoms with E-state index in [1.807, 2.05) is 6.20 Å². The van der Waals surface area contributed by atoms with Crippen LogP contribution in [-0.2, 0) is 0 Å². The third-order valence-corrected chi connectivity index (χ3v) is 3.23. The zero-order valence-electron chi connectivity index (χ0n) is 12.4. The molecule has 1 unspecified atom stereocenters. The first-order valence-corrected chi connectivity index (χ1v) is 7.06. The molecular formula is C15H27N3. The van der Waals surface area contributed by atoms with E-state index in [-0.39, 0.29) is 0 Å². The minimum absolute atomic E-state index is 0.376. The lowest BCUT2D eigenvalue weighted by Crippen LogP contribution is -2.31. The minimum atomic E-state index is 0.376. The van der Waals surface area contributed by atoms with Gasteiger partial charge in [-0.3, -0.25) is 0 Å². The summed E-state index contributed by atoms with van der Waals surface area (Å²) in [7, 11) is 0. The van der Waals surface area contributed by atoms with Gasteiger partial charge in [0.05, 0.1) is 0 Å². The molecule has 0 bridgehead atoms. The first-order valence-electron chi connectivity index (χ1n) is 7.06. The Hall–Kier alpha value is -1.09. The molecule has 102 valence electrons. The maximum absolute atomic E-state index is 4.59. The molecule has 0 amide bonds. The monoisotopic (exact) mass is 249 g/mol.